The minimum absolute atomic E-state index is 0.00179. The molecule has 1 atom stereocenters. The quantitative estimate of drug-likeness (QED) is 0.172. The lowest BCUT2D eigenvalue weighted by Crippen LogP contribution is -2.00. The van der Waals surface area contributed by atoms with Crippen LogP contribution in [0.5, 0.6) is 0 Å². The summed E-state index contributed by atoms with van der Waals surface area (Å²) >= 11 is 1.43. The molecular formula is C20H15N7O3S. The number of thioether (sulfide) groups is 1. The van der Waals surface area contributed by atoms with Gasteiger partial charge in [-0.2, -0.15) is 4.52 Å². The fraction of sp³-hybridized carbons (Fsp3) is 0.150. The molecule has 0 aliphatic carbocycles. The average Bonchev–Trinajstić information content (AvgIpc) is 3.41. The lowest BCUT2D eigenvalue weighted by molar-refractivity contribution is -0.384. The Bertz CT molecular complexity index is 1430. The van der Waals surface area contributed by atoms with Crippen LogP contribution >= 0.6 is 11.8 Å². The molecule has 5 aromatic rings. The molecular weight excluding hydrogens is 418 g/mol. The Morgan fingerprint density at radius 3 is 2.65 bits per heavy atom. The van der Waals surface area contributed by atoms with Gasteiger partial charge in [0.1, 0.15) is 5.82 Å². The summed E-state index contributed by atoms with van der Waals surface area (Å²) in [7, 11) is 0. The molecule has 0 N–H and O–H groups in total. The van der Waals surface area contributed by atoms with Crippen molar-refractivity contribution in [3.05, 3.63) is 70.4 Å². The maximum absolute atomic E-state index is 10.8. The normalized spacial score (nSPS) is 12.5. The number of aryl methyl sites for hydroxylation is 1. The first-order valence-corrected chi connectivity index (χ1v) is 10.2. The van der Waals surface area contributed by atoms with E-state index >= 15 is 0 Å². The number of rotatable bonds is 5. The van der Waals surface area contributed by atoms with Crippen LogP contribution in [0.2, 0.25) is 0 Å². The summed E-state index contributed by atoms with van der Waals surface area (Å²) < 4.78 is 7.55. The SMILES string of the molecule is Cc1nc2c3ccccc3nc(SC(C)c3nnc(-c4ccc([N+](=O)[O-])cc4)o3)n2n1. The maximum atomic E-state index is 10.8. The number of benzene rings is 2. The number of fused-ring (bicyclic) bond motifs is 3. The summed E-state index contributed by atoms with van der Waals surface area (Å²) in [6.07, 6.45) is 0. The molecule has 0 saturated heterocycles. The van der Waals surface area contributed by atoms with E-state index in [-0.39, 0.29) is 10.9 Å². The minimum atomic E-state index is -0.453. The first-order chi connectivity index (χ1) is 15.0. The highest BCUT2D eigenvalue weighted by atomic mass is 32.2. The van der Waals surface area contributed by atoms with E-state index in [1.807, 2.05) is 38.1 Å². The molecule has 0 aliphatic rings. The molecule has 0 bridgehead atoms. The molecule has 10 nitrogen and oxygen atoms in total. The van der Waals surface area contributed by atoms with Crippen LogP contribution in [0.4, 0.5) is 5.69 Å². The fourth-order valence-electron chi connectivity index (χ4n) is 3.16. The molecule has 0 amide bonds. The molecule has 0 aliphatic heterocycles. The van der Waals surface area contributed by atoms with Gasteiger partial charge in [-0.05, 0) is 38.1 Å². The monoisotopic (exact) mass is 433 g/mol. The summed E-state index contributed by atoms with van der Waals surface area (Å²) in [4.78, 5) is 19.7. The molecule has 0 fully saturated rings. The lowest BCUT2D eigenvalue weighted by Gasteiger charge is -2.09. The van der Waals surface area contributed by atoms with E-state index in [2.05, 4.69) is 20.3 Å². The molecule has 3 aromatic heterocycles. The Kier molecular flexibility index (Phi) is 4.59. The van der Waals surface area contributed by atoms with Crippen molar-refractivity contribution in [3.63, 3.8) is 0 Å². The Labute approximate surface area is 179 Å². The lowest BCUT2D eigenvalue weighted by atomic mass is 10.2. The van der Waals surface area contributed by atoms with Crippen molar-refractivity contribution in [1.82, 2.24) is 29.8 Å². The van der Waals surface area contributed by atoms with Gasteiger partial charge in [0.2, 0.25) is 11.8 Å². The van der Waals surface area contributed by atoms with Crippen molar-refractivity contribution in [2.24, 2.45) is 0 Å². The maximum Gasteiger partial charge on any atom is 0.269 e. The molecule has 3 heterocycles. The van der Waals surface area contributed by atoms with Crippen molar-refractivity contribution in [2.45, 2.75) is 24.3 Å². The van der Waals surface area contributed by atoms with Gasteiger partial charge in [-0.3, -0.25) is 10.1 Å². The van der Waals surface area contributed by atoms with Crippen molar-refractivity contribution in [3.8, 4) is 11.5 Å². The van der Waals surface area contributed by atoms with Crippen LogP contribution in [0.1, 0.15) is 23.9 Å². The van der Waals surface area contributed by atoms with Crippen molar-refractivity contribution in [1.29, 1.82) is 0 Å². The summed E-state index contributed by atoms with van der Waals surface area (Å²) in [5.41, 5.74) is 2.19. The number of hydrogen-bond acceptors (Lipinski definition) is 9. The van der Waals surface area contributed by atoms with Crippen LogP contribution in [0.3, 0.4) is 0 Å². The Morgan fingerprint density at radius 2 is 1.87 bits per heavy atom. The number of nitro groups is 1. The van der Waals surface area contributed by atoms with E-state index in [1.54, 1.807) is 16.6 Å². The van der Waals surface area contributed by atoms with Crippen LogP contribution in [0.15, 0.2) is 58.1 Å². The summed E-state index contributed by atoms with van der Waals surface area (Å²) in [6.45, 7) is 3.78. The molecule has 31 heavy (non-hydrogen) atoms. The molecule has 11 heteroatoms. The second-order valence-electron chi connectivity index (χ2n) is 6.82. The van der Waals surface area contributed by atoms with Crippen LogP contribution < -0.4 is 0 Å². The summed E-state index contributed by atoms with van der Waals surface area (Å²) in [5, 5.41) is 24.9. The smallest absolute Gasteiger partial charge is 0.269 e. The first-order valence-electron chi connectivity index (χ1n) is 9.36. The van der Waals surface area contributed by atoms with Gasteiger partial charge in [0.25, 0.3) is 5.69 Å². The Hall–Kier alpha value is -3.86. The topological polar surface area (TPSA) is 125 Å². The van der Waals surface area contributed by atoms with Gasteiger partial charge >= 0.3 is 0 Å². The fourth-order valence-corrected chi connectivity index (χ4v) is 4.05. The largest absolute Gasteiger partial charge is 0.419 e. The molecule has 0 radical (unpaired) electrons. The predicted molar refractivity (Wildman–Crippen MR) is 114 cm³/mol. The van der Waals surface area contributed by atoms with Crippen LogP contribution in [-0.4, -0.2) is 34.7 Å². The molecule has 5 rings (SSSR count). The van der Waals surface area contributed by atoms with Crippen molar-refractivity contribution in [2.75, 3.05) is 0 Å². The van der Waals surface area contributed by atoms with Gasteiger partial charge in [0.05, 0.1) is 15.7 Å². The van der Waals surface area contributed by atoms with Gasteiger partial charge in [-0.15, -0.1) is 15.3 Å². The highest BCUT2D eigenvalue weighted by Gasteiger charge is 2.21. The zero-order valence-electron chi connectivity index (χ0n) is 16.5. The third-order valence-electron chi connectivity index (χ3n) is 4.65. The van der Waals surface area contributed by atoms with Crippen LogP contribution in [0.25, 0.3) is 28.0 Å². The highest BCUT2D eigenvalue weighted by Crippen LogP contribution is 2.35. The van der Waals surface area contributed by atoms with Crippen LogP contribution in [-0.2, 0) is 0 Å². The molecule has 154 valence electrons. The number of nitrogens with zero attached hydrogens (tertiary/aromatic N) is 7. The van der Waals surface area contributed by atoms with Gasteiger partial charge in [-0.25, -0.2) is 9.97 Å². The van der Waals surface area contributed by atoms with E-state index in [1.165, 1.54) is 23.9 Å². The van der Waals surface area contributed by atoms with Gasteiger partial charge < -0.3 is 4.42 Å². The second-order valence-corrected chi connectivity index (χ2v) is 8.12. The molecule has 0 saturated carbocycles. The highest BCUT2D eigenvalue weighted by molar-refractivity contribution is 7.99. The van der Waals surface area contributed by atoms with E-state index < -0.39 is 4.92 Å². The summed E-state index contributed by atoms with van der Waals surface area (Å²) in [6, 6.07) is 13.8. The number of hydrogen-bond donors (Lipinski definition) is 0. The second kappa shape index (κ2) is 7.43. The summed E-state index contributed by atoms with van der Waals surface area (Å²) in [5.74, 6) is 1.37. The van der Waals surface area contributed by atoms with Gasteiger partial charge in [0, 0.05) is 23.1 Å². The number of non-ortho nitro benzene ring substituents is 1. The number of nitro benzene ring substituents is 1. The molecule has 1 unspecified atom stereocenters. The van der Waals surface area contributed by atoms with E-state index in [0.29, 0.717) is 28.3 Å². The first kappa shape index (κ1) is 19.1. The van der Waals surface area contributed by atoms with Crippen molar-refractivity contribution >= 4 is 34.0 Å². The number of aromatic nitrogens is 6. The average molecular weight is 433 g/mol. The standard InChI is InChI=1S/C20H15N7O3S/c1-11(18-23-24-19(30-18)13-7-9-14(10-8-13)27(28)29)31-20-22-16-6-4-3-5-15(16)17-21-12(2)25-26(17)20/h3-11H,1-2H3. The third-order valence-corrected chi connectivity index (χ3v) is 5.68. The zero-order valence-corrected chi connectivity index (χ0v) is 17.3. The van der Waals surface area contributed by atoms with Gasteiger partial charge in [-0.1, -0.05) is 23.9 Å². The van der Waals surface area contributed by atoms with E-state index in [0.717, 1.165) is 16.6 Å². The predicted octanol–water partition coefficient (Wildman–Crippen LogP) is 4.40. The van der Waals surface area contributed by atoms with E-state index in [9.17, 15) is 10.1 Å². The van der Waals surface area contributed by atoms with Crippen LogP contribution in [0, 0.1) is 17.0 Å². The Morgan fingerprint density at radius 1 is 1.10 bits per heavy atom. The van der Waals surface area contributed by atoms with E-state index in [4.69, 9.17) is 9.40 Å². The Balaban J connectivity index is 1.46. The van der Waals surface area contributed by atoms with Gasteiger partial charge in [0.15, 0.2) is 10.8 Å². The third kappa shape index (κ3) is 3.48. The molecule has 2 aromatic carbocycles. The number of para-hydroxylation sites is 1. The van der Waals surface area contributed by atoms with Crippen molar-refractivity contribution < 1.29 is 9.34 Å². The molecule has 0 spiro atoms. The zero-order chi connectivity index (χ0) is 21.5. The minimum Gasteiger partial charge on any atom is -0.419 e.